The lowest BCUT2D eigenvalue weighted by atomic mass is 10.2. The van der Waals surface area contributed by atoms with E-state index < -0.39 is 5.97 Å². The number of benzene rings is 1. The molecule has 0 aliphatic rings. The maximum atomic E-state index is 10.6. The Kier molecular flexibility index (Phi) is 2.74. The van der Waals surface area contributed by atoms with Crippen molar-refractivity contribution in [2.75, 3.05) is 5.73 Å². The summed E-state index contributed by atoms with van der Waals surface area (Å²) in [4.78, 5) is 10.6. The van der Waals surface area contributed by atoms with Crippen LogP contribution in [0.3, 0.4) is 0 Å². The van der Waals surface area contributed by atoms with Gasteiger partial charge in [-0.25, -0.2) is 4.79 Å². The average Bonchev–Trinajstić information content (AvgIpc) is 1.96. The van der Waals surface area contributed by atoms with Crippen LogP contribution in [0.1, 0.15) is 10.4 Å². The molecule has 3 N–H and O–H groups in total. The third-order valence-electron chi connectivity index (χ3n) is 1.30. The average molecular weight is 295 g/mol. The number of halogens is 2. The van der Waals surface area contributed by atoms with Crippen LogP contribution in [-0.4, -0.2) is 11.1 Å². The molecule has 0 heterocycles. The van der Waals surface area contributed by atoms with Crippen LogP contribution >= 0.6 is 31.9 Å². The van der Waals surface area contributed by atoms with E-state index in [2.05, 4.69) is 31.9 Å². The number of hydrogen-bond acceptors (Lipinski definition) is 2. The molecule has 1 rings (SSSR count). The van der Waals surface area contributed by atoms with Gasteiger partial charge in [0.25, 0.3) is 0 Å². The Morgan fingerprint density at radius 2 is 2.00 bits per heavy atom. The van der Waals surface area contributed by atoms with Gasteiger partial charge < -0.3 is 10.8 Å². The number of rotatable bonds is 1. The van der Waals surface area contributed by atoms with Crippen LogP contribution in [-0.2, 0) is 0 Å². The maximum Gasteiger partial charge on any atom is 0.336 e. The van der Waals surface area contributed by atoms with Gasteiger partial charge in [-0.2, -0.15) is 0 Å². The summed E-state index contributed by atoms with van der Waals surface area (Å²) < 4.78 is 1.07. The van der Waals surface area contributed by atoms with Crippen molar-refractivity contribution in [2.24, 2.45) is 0 Å². The summed E-state index contributed by atoms with van der Waals surface area (Å²) in [6.07, 6.45) is 0. The number of nitrogens with two attached hydrogens (primary N) is 1. The minimum absolute atomic E-state index is 0.155. The highest BCUT2D eigenvalue weighted by Crippen LogP contribution is 2.28. The molecule has 0 unspecified atom stereocenters. The predicted molar refractivity (Wildman–Crippen MR) is 53.2 cm³/mol. The second kappa shape index (κ2) is 3.45. The highest BCUT2D eigenvalue weighted by atomic mass is 79.9. The summed E-state index contributed by atoms with van der Waals surface area (Å²) in [5.74, 6) is -1.00. The molecule has 0 aliphatic carbocycles. The van der Waals surface area contributed by atoms with Gasteiger partial charge in [0.15, 0.2) is 0 Å². The lowest BCUT2D eigenvalue weighted by Gasteiger charge is -2.03. The number of carboxylic acids is 1. The number of carboxylic acid groups (broad SMARTS) is 1. The fourth-order valence-electron chi connectivity index (χ4n) is 0.766. The van der Waals surface area contributed by atoms with Crippen molar-refractivity contribution in [1.82, 2.24) is 0 Å². The molecule has 0 saturated carbocycles. The highest BCUT2D eigenvalue weighted by molar-refractivity contribution is 9.11. The number of aromatic carboxylic acids is 1. The van der Waals surface area contributed by atoms with Gasteiger partial charge in [0.2, 0.25) is 0 Å². The lowest BCUT2D eigenvalue weighted by Crippen LogP contribution is -2.00. The zero-order valence-corrected chi connectivity index (χ0v) is 9.02. The summed E-state index contributed by atoms with van der Waals surface area (Å²) >= 11 is 6.24. The summed E-state index contributed by atoms with van der Waals surface area (Å²) in [6.45, 7) is 0. The van der Waals surface area contributed by atoms with Crippen molar-refractivity contribution in [2.45, 2.75) is 0 Å². The van der Waals surface area contributed by atoms with Gasteiger partial charge in [-0.05, 0) is 28.1 Å². The Morgan fingerprint density at radius 1 is 1.42 bits per heavy atom. The first-order chi connectivity index (χ1) is 5.52. The topological polar surface area (TPSA) is 63.3 Å². The van der Waals surface area contributed by atoms with E-state index in [0.717, 1.165) is 0 Å². The van der Waals surface area contributed by atoms with Crippen LogP contribution in [0.5, 0.6) is 0 Å². The SMILES string of the molecule is Nc1cc(Br)cc(C(=O)O)c1Br. The zero-order valence-electron chi connectivity index (χ0n) is 5.84. The van der Waals surface area contributed by atoms with Crippen molar-refractivity contribution in [3.8, 4) is 0 Å². The van der Waals surface area contributed by atoms with Gasteiger partial charge in [-0.3, -0.25) is 0 Å². The standard InChI is InChI=1S/C7H5Br2NO2/c8-3-1-4(7(11)12)6(9)5(10)2-3/h1-2H,10H2,(H,11,12). The van der Waals surface area contributed by atoms with Crippen LogP contribution in [0, 0.1) is 0 Å². The number of anilines is 1. The minimum Gasteiger partial charge on any atom is -0.478 e. The first-order valence-electron chi connectivity index (χ1n) is 3.00. The second-order valence-corrected chi connectivity index (χ2v) is 3.87. The monoisotopic (exact) mass is 293 g/mol. The molecule has 0 spiro atoms. The van der Waals surface area contributed by atoms with E-state index in [1.807, 2.05) is 0 Å². The molecule has 0 atom stereocenters. The van der Waals surface area contributed by atoms with E-state index in [9.17, 15) is 4.79 Å². The Bertz CT molecular complexity index is 338. The first-order valence-corrected chi connectivity index (χ1v) is 4.59. The molecular weight excluding hydrogens is 290 g/mol. The van der Waals surface area contributed by atoms with Crippen molar-refractivity contribution >= 4 is 43.5 Å². The Labute approximate surface area is 85.8 Å². The van der Waals surface area contributed by atoms with Crippen molar-refractivity contribution in [3.63, 3.8) is 0 Å². The molecule has 0 aliphatic heterocycles. The van der Waals surface area contributed by atoms with E-state index >= 15 is 0 Å². The van der Waals surface area contributed by atoms with Gasteiger partial charge in [0.1, 0.15) is 0 Å². The van der Waals surface area contributed by atoms with Gasteiger partial charge in [0, 0.05) is 10.2 Å². The quantitative estimate of drug-likeness (QED) is 0.782. The molecule has 0 amide bonds. The molecule has 5 heteroatoms. The molecule has 1 aromatic carbocycles. The van der Waals surface area contributed by atoms with Crippen LogP contribution < -0.4 is 5.73 Å². The lowest BCUT2D eigenvalue weighted by molar-refractivity contribution is 0.0696. The molecule has 0 radical (unpaired) electrons. The summed E-state index contributed by atoms with van der Waals surface area (Å²) in [6, 6.07) is 3.12. The molecule has 12 heavy (non-hydrogen) atoms. The predicted octanol–water partition coefficient (Wildman–Crippen LogP) is 2.49. The fourth-order valence-corrected chi connectivity index (χ4v) is 1.64. The van der Waals surface area contributed by atoms with E-state index in [4.69, 9.17) is 10.8 Å². The normalized spacial score (nSPS) is 9.83. The summed E-state index contributed by atoms with van der Waals surface area (Å²) in [5.41, 5.74) is 6.08. The van der Waals surface area contributed by atoms with E-state index in [0.29, 0.717) is 14.6 Å². The zero-order chi connectivity index (χ0) is 9.30. The second-order valence-electron chi connectivity index (χ2n) is 2.16. The molecular formula is C7H5Br2NO2. The van der Waals surface area contributed by atoms with Crippen molar-refractivity contribution in [3.05, 3.63) is 26.6 Å². The maximum absolute atomic E-state index is 10.6. The van der Waals surface area contributed by atoms with Crippen LogP contribution in [0.4, 0.5) is 5.69 Å². The molecule has 0 aromatic heterocycles. The number of hydrogen-bond donors (Lipinski definition) is 2. The Balaban J connectivity index is 3.37. The molecule has 0 fully saturated rings. The van der Waals surface area contributed by atoms with Crippen LogP contribution in [0.15, 0.2) is 21.1 Å². The summed E-state index contributed by atoms with van der Waals surface area (Å²) in [5, 5.41) is 8.71. The van der Waals surface area contributed by atoms with Crippen molar-refractivity contribution in [1.29, 1.82) is 0 Å². The molecule has 0 bridgehead atoms. The Hall–Kier alpha value is -0.550. The van der Waals surface area contributed by atoms with Gasteiger partial charge in [-0.1, -0.05) is 15.9 Å². The van der Waals surface area contributed by atoms with Gasteiger partial charge >= 0.3 is 5.97 Å². The third kappa shape index (κ3) is 1.78. The molecule has 0 saturated heterocycles. The van der Waals surface area contributed by atoms with Crippen LogP contribution in [0.2, 0.25) is 0 Å². The summed E-state index contributed by atoms with van der Waals surface area (Å²) in [7, 11) is 0. The molecule has 1 aromatic rings. The fraction of sp³-hybridized carbons (Fsp3) is 0. The van der Waals surface area contributed by atoms with E-state index in [1.165, 1.54) is 6.07 Å². The largest absolute Gasteiger partial charge is 0.478 e. The molecule has 64 valence electrons. The van der Waals surface area contributed by atoms with Crippen molar-refractivity contribution < 1.29 is 9.90 Å². The minimum atomic E-state index is -1.00. The van der Waals surface area contributed by atoms with Gasteiger partial charge in [0.05, 0.1) is 10.0 Å². The highest BCUT2D eigenvalue weighted by Gasteiger charge is 2.11. The van der Waals surface area contributed by atoms with E-state index in [1.54, 1.807) is 6.07 Å². The van der Waals surface area contributed by atoms with E-state index in [-0.39, 0.29) is 5.56 Å². The number of carbonyl (C=O) groups is 1. The third-order valence-corrected chi connectivity index (χ3v) is 2.64. The van der Waals surface area contributed by atoms with Gasteiger partial charge in [-0.15, -0.1) is 0 Å². The Morgan fingerprint density at radius 3 is 2.50 bits per heavy atom. The number of nitrogen functional groups attached to an aromatic ring is 1. The van der Waals surface area contributed by atoms with Crippen LogP contribution in [0.25, 0.3) is 0 Å². The first kappa shape index (κ1) is 9.54. The molecule has 3 nitrogen and oxygen atoms in total. The smallest absolute Gasteiger partial charge is 0.336 e.